The molecule has 3 unspecified atom stereocenters. The summed E-state index contributed by atoms with van der Waals surface area (Å²) in [6, 6.07) is 0. The summed E-state index contributed by atoms with van der Waals surface area (Å²) in [5, 5.41) is 2.72. The first-order valence-corrected chi connectivity index (χ1v) is 8.21. The minimum Gasteiger partial charge on any atom is -0.359 e. The maximum absolute atomic E-state index is 12.7. The Morgan fingerprint density at radius 3 is 2.81 bits per heavy atom. The Balaban J connectivity index is 1.93. The summed E-state index contributed by atoms with van der Waals surface area (Å²) in [5.74, 6) is 1.04. The molecule has 2 aliphatic rings. The van der Waals surface area contributed by atoms with E-state index in [1.807, 2.05) is 11.8 Å². The summed E-state index contributed by atoms with van der Waals surface area (Å²) in [4.78, 5) is 26.6. The Labute approximate surface area is 127 Å². The zero-order chi connectivity index (χ0) is 15.5. The number of hydrogen-bond donors (Lipinski definition) is 2. The molecule has 1 heterocycles. The molecule has 2 rings (SSSR count). The summed E-state index contributed by atoms with van der Waals surface area (Å²) >= 11 is 0. The van der Waals surface area contributed by atoms with E-state index >= 15 is 0 Å². The quantitative estimate of drug-likeness (QED) is 0.816. The second kappa shape index (κ2) is 6.77. The van der Waals surface area contributed by atoms with Gasteiger partial charge in [0, 0.05) is 26.1 Å². The highest BCUT2D eigenvalue weighted by atomic mass is 16.2. The lowest BCUT2D eigenvalue weighted by Gasteiger charge is -2.31. The SMILES string of the molecule is CNC(=O)C1(C)CCN(C(=O)C2CCCC(CCN)C2)C1. The lowest BCUT2D eigenvalue weighted by Crippen LogP contribution is -2.42. The second-order valence-corrected chi connectivity index (χ2v) is 6.96. The van der Waals surface area contributed by atoms with E-state index in [1.54, 1.807) is 7.05 Å². The van der Waals surface area contributed by atoms with Crippen molar-refractivity contribution in [3.63, 3.8) is 0 Å². The fraction of sp³-hybridized carbons (Fsp3) is 0.875. The number of amides is 2. The van der Waals surface area contributed by atoms with Gasteiger partial charge in [-0.1, -0.05) is 12.8 Å². The smallest absolute Gasteiger partial charge is 0.227 e. The van der Waals surface area contributed by atoms with Crippen molar-refractivity contribution < 1.29 is 9.59 Å². The highest BCUT2D eigenvalue weighted by Gasteiger charge is 2.43. The first-order chi connectivity index (χ1) is 10.00. The molecular weight excluding hydrogens is 266 g/mol. The third-order valence-electron chi connectivity index (χ3n) is 5.27. The van der Waals surface area contributed by atoms with Gasteiger partial charge in [0.2, 0.25) is 11.8 Å². The first-order valence-electron chi connectivity index (χ1n) is 8.21. The van der Waals surface area contributed by atoms with Gasteiger partial charge in [0.1, 0.15) is 0 Å². The van der Waals surface area contributed by atoms with E-state index in [-0.39, 0.29) is 17.7 Å². The average molecular weight is 295 g/mol. The van der Waals surface area contributed by atoms with E-state index in [2.05, 4.69) is 5.32 Å². The molecule has 3 atom stereocenters. The summed E-state index contributed by atoms with van der Waals surface area (Å²) < 4.78 is 0. The Morgan fingerprint density at radius 1 is 1.38 bits per heavy atom. The molecule has 2 fully saturated rings. The van der Waals surface area contributed by atoms with E-state index < -0.39 is 5.41 Å². The maximum atomic E-state index is 12.7. The molecule has 1 aliphatic heterocycles. The molecule has 0 aromatic carbocycles. The van der Waals surface area contributed by atoms with Gasteiger partial charge in [0.05, 0.1) is 5.41 Å². The van der Waals surface area contributed by atoms with E-state index in [9.17, 15) is 9.59 Å². The van der Waals surface area contributed by atoms with Crippen molar-refractivity contribution >= 4 is 11.8 Å². The van der Waals surface area contributed by atoms with Crippen LogP contribution in [0.4, 0.5) is 0 Å². The maximum Gasteiger partial charge on any atom is 0.227 e. The Bertz CT molecular complexity index is 397. The highest BCUT2D eigenvalue weighted by molar-refractivity contribution is 5.85. The monoisotopic (exact) mass is 295 g/mol. The fourth-order valence-electron chi connectivity index (χ4n) is 3.91. The summed E-state index contributed by atoms with van der Waals surface area (Å²) in [6.07, 6.45) is 6.09. The van der Waals surface area contributed by atoms with Crippen molar-refractivity contribution in [3.8, 4) is 0 Å². The van der Waals surface area contributed by atoms with Crippen LogP contribution in [0.1, 0.15) is 45.4 Å². The Kier molecular flexibility index (Phi) is 5.25. The second-order valence-electron chi connectivity index (χ2n) is 6.96. The number of nitrogens with zero attached hydrogens (tertiary/aromatic N) is 1. The van der Waals surface area contributed by atoms with Crippen molar-refractivity contribution in [2.45, 2.75) is 45.4 Å². The first kappa shape index (κ1) is 16.3. The fourth-order valence-corrected chi connectivity index (χ4v) is 3.91. The molecule has 120 valence electrons. The van der Waals surface area contributed by atoms with Gasteiger partial charge in [-0.15, -0.1) is 0 Å². The number of likely N-dealkylation sites (tertiary alicyclic amines) is 1. The lowest BCUT2D eigenvalue weighted by atomic mass is 9.79. The van der Waals surface area contributed by atoms with Crippen LogP contribution in [0.2, 0.25) is 0 Å². The van der Waals surface area contributed by atoms with Crippen LogP contribution in [-0.4, -0.2) is 43.4 Å². The van der Waals surface area contributed by atoms with Gasteiger partial charge in [-0.25, -0.2) is 0 Å². The van der Waals surface area contributed by atoms with Crippen molar-refractivity contribution in [2.24, 2.45) is 23.0 Å². The predicted molar refractivity (Wildman–Crippen MR) is 82.5 cm³/mol. The van der Waals surface area contributed by atoms with Crippen LogP contribution in [0.25, 0.3) is 0 Å². The van der Waals surface area contributed by atoms with Crippen molar-refractivity contribution in [2.75, 3.05) is 26.7 Å². The normalized spacial score (nSPS) is 33.0. The van der Waals surface area contributed by atoms with Crippen LogP contribution in [-0.2, 0) is 9.59 Å². The molecule has 3 N–H and O–H groups in total. The minimum absolute atomic E-state index is 0.0439. The molecule has 0 aromatic rings. The van der Waals surface area contributed by atoms with E-state index in [4.69, 9.17) is 5.73 Å². The molecule has 0 radical (unpaired) electrons. The van der Waals surface area contributed by atoms with Gasteiger partial charge >= 0.3 is 0 Å². The van der Waals surface area contributed by atoms with Crippen LogP contribution in [0.15, 0.2) is 0 Å². The van der Waals surface area contributed by atoms with Crippen LogP contribution < -0.4 is 11.1 Å². The van der Waals surface area contributed by atoms with Crippen molar-refractivity contribution in [1.29, 1.82) is 0 Å². The molecule has 0 spiro atoms. The highest BCUT2D eigenvalue weighted by Crippen LogP contribution is 2.35. The molecule has 1 saturated heterocycles. The molecule has 0 aromatic heterocycles. The largest absolute Gasteiger partial charge is 0.359 e. The van der Waals surface area contributed by atoms with Crippen LogP contribution in [0.3, 0.4) is 0 Å². The number of carbonyl (C=O) groups excluding carboxylic acids is 2. The third kappa shape index (κ3) is 3.57. The van der Waals surface area contributed by atoms with Crippen LogP contribution >= 0.6 is 0 Å². The molecule has 5 heteroatoms. The van der Waals surface area contributed by atoms with Gasteiger partial charge < -0.3 is 16.0 Å². The van der Waals surface area contributed by atoms with Gasteiger partial charge in [0.15, 0.2) is 0 Å². The zero-order valence-electron chi connectivity index (χ0n) is 13.4. The van der Waals surface area contributed by atoms with Gasteiger partial charge in [-0.2, -0.15) is 0 Å². The van der Waals surface area contributed by atoms with Crippen LogP contribution in [0, 0.1) is 17.3 Å². The number of hydrogen-bond acceptors (Lipinski definition) is 3. The summed E-state index contributed by atoms with van der Waals surface area (Å²) in [5.41, 5.74) is 5.23. The molecule has 1 aliphatic carbocycles. The number of rotatable bonds is 4. The average Bonchev–Trinajstić information content (AvgIpc) is 2.90. The minimum atomic E-state index is -0.421. The standard InChI is InChI=1S/C16H29N3O2/c1-16(15(21)18-2)7-9-19(11-16)14(20)13-5-3-4-12(10-13)6-8-17/h12-13H,3-11,17H2,1-2H3,(H,18,21). The zero-order valence-corrected chi connectivity index (χ0v) is 13.4. The van der Waals surface area contributed by atoms with E-state index in [0.717, 1.165) is 32.1 Å². The van der Waals surface area contributed by atoms with Gasteiger partial charge in [0.25, 0.3) is 0 Å². The topological polar surface area (TPSA) is 75.4 Å². The molecule has 1 saturated carbocycles. The number of nitrogens with one attached hydrogen (secondary N) is 1. The van der Waals surface area contributed by atoms with Crippen molar-refractivity contribution in [1.82, 2.24) is 10.2 Å². The molecular formula is C16H29N3O2. The Morgan fingerprint density at radius 2 is 2.14 bits per heavy atom. The number of nitrogens with two attached hydrogens (primary N) is 1. The molecule has 5 nitrogen and oxygen atoms in total. The lowest BCUT2D eigenvalue weighted by molar-refractivity contribution is -0.137. The summed E-state index contributed by atoms with van der Waals surface area (Å²) in [6.45, 7) is 3.94. The van der Waals surface area contributed by atoms with Crippen LogP contribution in [0.5, 0.6) is 0 Å². The number of carbonyl (C=O) groups is 2. The molecule has 21 heavy (non-hydrogen) atoms. The van der Waals surface area contributed by atoms with Gasteiger partial charge in [-0.3, -0.25) is 9.59 Å². The predicted octanol–water partition coefficient (Wildman–Crippen LogP) is 1.13. The third-order valence-corrected chi connectivity index (χ3v) is 5.27. The molecule has 2 amide bonds. The van der Waals surface area contributed by atoms with Gasteiger partial charge in [-0.05, 0) is 45.1 Å². The summed E-state index contributed by atoms with van der Waals surface area (Å²) in [7, 11) is 1.66. The van der Waals surface area contributed by atoms with Crippen molar-refractivity contribution in [3.05, 3.63) is 0 Å². The Hall–Kier alpha value is -1.10. The van der Waals surface area contributed by atoms with E-state index in [0.29, 0.717) is 25.6 Å². The molecule has 0 bridgehead atoms. The van der Waals surface area contributed by atoms with E-state index in [1.165, 1.54) is 6.42 Å².